The van der Waals surface area contributed by atoms with E-state index >= 15 is 0 Å². The van der Waals surface area contributed by atoms with Crippen LogP contribution in [0.25, 0.3) is 5.69 Å². The molecule has 4 nitrogen and oxygen atoms in total. The topological polar surface area (TPSA) is 46.9 Å². The molecule has 1 N–H and O–H groups in total. The van der Waals surface area contributed by atoms with E-state index in [4.69, 9.17) is 11.6 Å². The Labute approximate surface area is 123 Å². The molecule has 0 spiro atoms. The lowest BCUT2D eigenvalue weighted by atomic mass is 10.2. The molecule has 2 rings (SSSR count). The number of carbonyl (C=O) groups is 1. The summed E-state index contributed by atoms with van der Waals surface area (Å²) in [5.41, 5.74) is 1.50. The van der Waals surface area contributed by atoms with E-state index in [0.717, 1.165) is 18.5 Å². The Morgan fingerprint density at radius 2 is 2.15 bits per heavy atom. The number of amides is 1. The van der Waals surface area contributed by atoms with Crippen molar-refractivity contribution < 1.29 is 4.79 Å². The van der Waals surface area contributed by atoms with E-state index in [2.05, 4.69) is 10.4 Å². The lowest BCUT2D eigenvalue weighted by Crippen LogP contribution is -2.24. The fourth-order valence-electron chi connectivity index (χ4n) is 1.85. The molecule has 0 aliphatic heterocycles. The number of rotatable bonds is 6. The van der Waals surface area contributed by atoms with Gasteiger partial charge in [-0.2, -0.15) is 5.10 Å². The van der Waals surface area contributed by atoms with Crippen LogP contribution in [0, 0.1) is 0 Å². The number of carbonyl (C=O) groups excluding carboxylic acids is 1. The highest BCUT2D eigenvalue weighted by atomic mass is 35.5. The van der Waals surface area contributed by atoms with Gasteiger partial charge in [0.25, 0.3) is 5.91 Å². The third kappa shape index (κ3) is 4.10. The number of hydrogen-bond donors (Lipinski definition) is 1. The van der Waals surface area contributed by atoms with Crippen molar-refractivity contribution in [1.29, 1.82) is 0 Å². The van der Waals surface area contributed by atoms with Gasteiger partial charge >= 0.3 is 0 Å². The molecule has 1 amide bonds. The molecule has 0 saturated carbocycles. The molecule has 1 unspecified atom stereocenters. The normalized spacial score (nSPS) is 12.1. The molecule has 20 heavy (non-hydrogen) atoms. The van der Waals surface area contributed by atoms with Gasteiger partial charge < -0.3 is 5.32 Å². The summed E-state index contributed by atoms with van der Waals surface area (Å²) in [6.07, 6.45) is 5.08. The number of nitrogens with one attached hydrogen (secondary N) is 1. The van der Waals surface area contributed by atoms with Crippen molar-refractivity contribution in [2.75, 3.05) is 6.54 Å². The number of alkyl halides is 1. The largest absolute Gasteiger partial charge is 0.352 e. The Kier molecular flexibility index (Phi) is 5.18. The van der Waals surface area contributed by atoms with E-state index < -0.39 is 0 Å². The Balaban J connectivity index is 1.90. The van der Waals surface area contributed by atoms with Gasteiger partial charge in [-0.3, -0.25) is 4.79 Å². The van der Waals surface area contributed by atoms with Gasteiger partial charge in [0, 0.05) is 18.1 Å². The summed E-state index contributed by atoms with van der Waals surface area (Å²) in [5, 5.41) is 7.21. The summed E-state index contributed by atoms with van der Waals surface area (Å²) in [7, 11) is 0. The zero-order valence-electron chi connectivity index (χ0n) is 11.4. The van der Waals surface area contributed by atoms with Gasteiger partial charge in [0.2, 0.25) is 0 Å². The fourth-order valence-corrected chi connectivity index (χ4v) is 2.00. The highest BCUT2D eigenvalue weighted by molar-refractivity contribution is 6.20. The molecule has 1 aromatic heterocycles. The van der Waals surface area contributed by atoms with Gasteiger partial charge in [0.05, 0.1) is 17.4 Å². The van der Waals surface area contributed by atoms with Gasteiger partial charge in [-0.15, -0.1) is 11.6 Å². The van der Waals surface area contributed by atoms with Crippen LogP contribution in [0.15, 0.2) is 42.7 Å². The molecule has 0 radical (unpaired) electrons. The van der Waals surface area contributed by atoms with Crippen LogP contribution in [-0.4, -0.2) is 27.6 Å². The molecule has 0 aliphatic carbocycles. The highest BCUT2D eigenvalue weighted by Gasteiger charge is 2.08. The van der Waals surface area contributed by atoms with Crippen molar-refractivity contribution in [1.82, 2.24) is 15.1 Å². The lowest BCUT2D eigenvalue weighted by Gasteiger charge is -2.04. The predicted octanol–water partition coefficient (Wildman–Crippen LogP) is 3.01. The smallest absolute Gasteiger partial charge is 0.254 e. The minimum Gasteiger partial charge on any atom is -0.352 e. The molecule has 2 aromatic rings. The van der Waals surface area contributed by atoms with Crippen molar-refractivity contribution in [2.24, 2.45) is 0 Å². The zero-order chi connectivity index (χ0) is 14.4. The summed E-state index contributed by atoms with van der Waals surface area (Å²) in [6, 6.07) is 9.69. The van der Waals surface area contributed by atoms with Crippen molar-refractivity contribution in [2.45, 2.75) is 25.1 Å². The number of hydrogen-bond acceptors (Lipinski definition) is 2. The van der Waals surface area contributed by atoms with Crippen molar-refractivity contribution in [3.63, 3.8) is 0 Å². The van der Waals surface area contributed by atoms with Crippen LogP contribution >= 0.6 is 11.6 Å². The quantitative estimate of drug-likeness (QED) is 0.657. The number of para-hydroxylation sites is 1. The fraction of sp³-hybridized carbons (Fsp3) is 0.333. The first-order valence-electron chi connectivity index (χ1n) is 6.69. The van der Waals surface area contributed by atoms with Crippen LogP contribution < -0.4 is 5.32 Å². The first kappa shape index (κ1) is 14.6. The molecule has 1 aromatic carbocycles. The molecule has 0 aliphatic rings. The maximum atomic E-state index is 11.9. The molecule has 1 heterocycles. The number of aromatic nitrogens is 2. The Bertz CT molecular complexity index is 551. The van der Waals surface area contributed by atoms with Crippen LogP contribution in [0.2, 0.25) is 0 Å². The summed E-state index contributed by atoms with van der Waals surface area (Å²) in [4.78, 5) is 11.9. The second-order valence-corrected chi connectivity index (χ2v) is 5.43. The lowest BCUT2D eigenvalue weighted by molar-refractivity contribution is 0.0953. The van der Waals surface area contributed by atoms with E-state index in [9.17, 15) is 4.79 Å². The van der Waals surface area contributed by atoms with Gasteiger partial charge in [0.1, 0.15) is 0 Å². The third-order valence-electron chi connectivity index (χ3n) is 2.93. The average molecular weight is 292 g/mol. The van der Waals surface area contributed by atoms with Crippen LogP contribution in [0.1, 0.15) is 30.1 Å². The maximum Gasteiger partial charge on any atom is 0.254 e. The van der Waals surface area contributed by atoms with Crippen LogP contribution in [0.4, 0.5) is 0 Å². The highest BCUT2D eigenvalue weighted by Crippen LogP contribution is 2.08. The minimum absolute atomic E-state index is 0.102. The van der Waals surface area contributed by atoms with E-state index in [1.54, 1.807) is 17.1 Å². The first-order chi connectivity index (χ1) is 9.66. The molecular formula is C15H18ClN3O. The van der Waals surface area contributed by atoms with Gasteiger partial charge in [0.15, 0.2) is 0 Å². The van der Waals surface area contributed by atoms with E-state index in [1.807, 2.05) is 37.3 Å². The Hall–Kier alpha value is -1.81. The number of halogens is 1. The second-order valence-electron chi connectivity index (χ2n) is 4.69. The number of nitrogens with zero attached hydrogens (tertiary/aromatic N) is 2. The second kappa shape index (κ2) is 7.10. The molecule has 1 atom stereocenters. The van der Waals surface area contributed by atoms with E-state index in [1.165, 1.54) is 0 Å². The number of benzene rings is 1. The molecule has 5 heteroatoms. The molecule has 0 bridgehead atoms. The average Bonchev–Trinajstić information content (AvgIpc) is 2.94. The van der Waals surface area contributed by atoms with Crippen molar-refractivity contribution >= 4 is 17.5 Å². The van der Waals surface area contributed by atoms with Crippen molar-refractivity contribution in [3.8, 4) is 5.69 Å². The van der Waals surface area contributed by atoms with Crippen LogP contribution in [0.3, 0.4) is 0 Å². The monoisotopic (exact) mass is 291 g/mol. The van der Waals surface area contributed by atoms with Crippen LogP contribution in [-0.2, 0) is 0 Å². The van der Waals surface area contributed by atoms with Gasteiger partial charge in [-0.05, 0) is 31.9 Å². The third-order valence-corrected chi connectivity index (χ3v) is 3.15. The maximum absolute atomic E-state index is 11.9. The summed E-state index contributed by atoms with van der Waals surface area (Å²) in [6.45, 7) is 2.58. The Morgan fingerprint density at radius 1 is 1.40 bits per heavy atom. The Morgan fingerprint density at radius 3 is 2.85 bits per heavy atom. The predicted molar refractivity (Wildman–Crippen MR) is 80.4 cm³/mol. The summed E-state index contributed by atoms with van der Waals surface area (Å²) in [5.74, 6) is -0.102. The minimum atomic E-state index is -0.102. The van der Waals surface area contributed by atoms with E-state index in [0.29, 0.717) is 12.1 Å². The molecule has 106 valence electrons. The zero-order valence-corrected chi connectivity index (χ0v) is 12.2. The van der Waals surface area contributed by atoms with E-state index in [-0.39, 0.29) is 11.3 Å². The van der Waals surface area contributed by atoms with Gasteiger partial charge in [-0.25, -0.2) is 4.68 Å². The standard InChI is InChI=1S/C15H18ClN3O/c1-12(16)6-5-9-17-15(20)13-10-18-19(11-13)14-7-3-2-4-8-14/h2-4,7-8,10-12H,5-6,9H2,1H3,(H,17,20). The molecule has 0 fully saturated rings. The SMILES string of the molecule is CC(Cl)CCCNC(=O)c1cnn(-c2ccccc2)c1. The van der Waals surface area contributed by atoms with Gasteiger partial charge in [-0.1, -0.05) is 18.2 Å². The summed E-state index contributed by atoms with van der Waals surface area (Å²) < 4.78 is 1.69. The van der Waals surface area contributed by atoms with Crippen LogP contribution in [0.5, 0.6) is 0 Å². The molecule has 0 saturated heterocycles. The summed E-state index contributed by atoms with van der Waals surface area (Å²) >= 11 is 5.86. The molecular weight excluding hydrogens is 274 g/mol. The first-order valence-corrected chi connectivity index (χ1v) is 7.13. The van der Waals surface area contributed by atoms with Crippen molar-refractivity contribution in [3.05, 3.63) is 48.3 Å².